The van der Waals surface area contributed by atoms with Crippen molar-refractivity contribution in [3.05, 3.63) is 0 Å². The molecule has 0 saturated carbocycles. The average molecular weight is 258 g/mol. The molecular weight excluding hydrogens is 232 g/mol. The summed E-state index contributed by atoms with van der Waals surface area (Å²) in [5, 5.41) is 15.0. The van der Waals surface area contributed by atoms with Crippen LogP contribution < -0.4 is 10.6 Å². The summed E-state index contributed by atoms with van der Waals surface area (Å²) >= 11 is 0. The molecule has 0 aromatic heterocycles. The van der Waals surface area contributed by atoms with Gasteiger partial charge in [0.2, 0.25) is 5.91 Å². The molecule has 0 bridgehead atoms. The number of carbonyl (C=O) groups is 2. The van der Waals surface area contributed by atoms with E-state index in [0.29, 0.717) is 6.42 Å². The molecule has 0 fully saturated rings. The van der Waals surface area contributed by atoms with Crippen molar-refractivity contribution >= 4 is 11.9 Å². The van der Waals surface area contributed by atoms with Crippen LogP contribution in [-0.2, 0) is 9.59 Å². The summed E-state index contributed by atoms with van der Waals surface area (Å²) in [5.74, 6) is -1.12. The Kier molecular flexibility index (Phi) is 5.80. The summed E-state index contributed by atoms with van der Waals surface area (Å²) in [6, 6.07) is -0.545. The van der Waals surface area contributed by atoms with Crippen molar-refractivity contribution in [1.82, 2.24) is 10.6 Å². The van der Waals surface area contributed by atoms with Gasteiger partial charge < -0.3 is 10.4 Å². The average Bonchev–Trinajstić information content (AvgIpc) is 2.14. The Morgan fingerprint density at radius 2 is 1.72 bits per heavy atom. The molecule has 2 atom stereocenters. The summed E-state index contributed by atoms with van der Waals surface area (Å²) in [5.41, 5.74) is -1.39. The predicted octanol–water partition coefficient (Wildman–Crippen LogP) is 1.52. The van der Waals surface area contributed by atoms with Crippen LogP contribution in [0.3, 0.4) is 0 Å². The van der Waals surface area contributed by atoms with Gasteiger partial charge in [-0.05, 0) is 41.0 Å². The van der Waals surface area contributed by atoms with Crippen LogP contribution in [-0.4, -0.2) is 34.1 Å². The fraction of sp³-hybridized carbons (Fsp3) is 0.846. The standard InChI is InChI=1S/C13H26N2O3/c1-7-8-13(6,11(17)18)14-9(2)10(16)15-12(3,4)5/h9,14H,7-8H2,1-6H3,(H,15,16)(H,17,18). The zero-order chi connectivity index (χ0) is 14.6. The van der Waals surface area contributed by atoms with E-state index in [1.807, 2.05) is 27.7 Å². The molecule has 0 rings (SSSR count). The van der Waals surface area contributed by atoms with Crippen LogP contribution in [0.25, 0.3) is 0 Å². The zero-order valence-electron chi connectivity index (χ0n) is 12.3. The normalized spacial score (nSPS) is 16.8. The molecule has 0 radical (unpaired) electrons. The van der Waals surface area contributed by atoms with Crippen LogP contribution in [0, 0.1) is 0 Å². The number of hydrogen-bond donors (Lipinski definition) is 3. The van der Waals surface area contributed by atoms with E-state index < -0.39 is 17.6 Å². The molecule has 5 heteroatoms. The smallest absolute Gasteiger partial charge is 0.323 e. The maximum absolute atomic E-state index is 11.9. The zero-order valence-corrected chi connectivity index (χ0v) is 12.3. The maximum Gasteiger partial charge on any atom is 0.323 e. The number of hydrogen-bond acceptors (Lipinski definition) is 3. The van der Waals surface area contributed by atoms with E-state index in [1.54, 1.807) is 13.8 Å². The molecule has 0 heterocycles. The highest BCUT2D eigenvalue weighted by Crippen LogP contribution is 2.14. The Morgan fingerprint density at radius 1 is 1.22 bits per heavy atom. The van der Waals surface area contributed by atoms with Crippen molar-refractivity contribution < 1.29 is 14.7 Å². The minimum Gasteiger partial charge on any atom is -0.480 e. The third-order valence-electron chi connectivity index (χ3n) is 2.65. The molecule has 18 heavy (non-hydrogen) atoms. The molecule has 0 aromatic carbocycles. The monoisotopic (exact) mass is 258 g/mol. The van der Waals surface area contributed by atoms with Crippen molar-refractivity contribution in [2.75, 3.05) is 0 Å². The molecular formula is C13H26N2O3. The molecule has 0 aliphatic carbocycles. The van der Waals surface area contributed by atoms with E-state index in [2.05, 4.69) is 10.6 Å². The van der Waals surface area contributed by atoms with Crippen molar-refractivity contribution in [2.45, 2.75) is 71.5 Å². The summed E-state index contributed by atoms with van der Waals surface area (Å²) < 4.78 is 0. The lowest BCUT2D eigenvalue weighted by Crippen LogP contribution is -2.58. The van der Waals surface area contributed by atoms with Gasteiger partial charge in [-0.25, -0.2) is 0 Å². The van der Waals surface area contributed by atoms with Crippen LogP contribution in [0.2, 0.25) is 0 Å². The first kappa shape index (κ1) is 16.9. The van der Waals surface area contributed by atoms with E-state index in [4.69, 9.17) is 0 Å². The summed E-state index contributed by atoms with van der Waals surface area (Å²) in [4.78, 5) is 23.2. The second-order valence-electron chi connectivity index (χ2n) is 5.99. The van der Waals surface area contributed by atoms with Crippen LogP contribution in [0.15, 0.2) is 0 Å². The van der Waals surface area contributed by atoms with Gasteiger partial charge in [-0.15, -0.1) is 0 Å². The second kappa shape index (κ2) is 6.18. The molecule has 0 aliphatic heterocycles. The fourth-order valence-electron chi connectivity index (χ4n) is 1.76. The van der Waals surface area contributed by atoms with Gasteiger partial charge in [0.25, 0.3) is 0 Å². The van der Waals surface area contributed by atoms with Crippen molar-refractivity contribution in [1.29, 1.82) is 0 Å². The minimum atomic E-state index is -1.07. The van der Waals surface area contributed by atoms with E-state index in [1.165, 1.54) is 0 Å². The summed E-state index contributed by atoms with van der Waals surface area (Å²) in [7, 11) is 0. The highest BCUT2D eigenvalue weighted by Gasteiger charge is 2.35. The van der Waals surface area contributed by atoms with Gasteiger partial charge in [0.1, 0.15) is 5.54 Å². The molecule has 0 spiro atoms. The molecule has 0 aliphatic rings. The highest BCUT2D eigenvalue weighted by molar-refractivity contribution is 5.84. The summed E-state index contributed by atoms with van der Waals surface area (Å²) in [6.07, 6.45) is 1.22. The van der Waals surface area contributed by atoms with Gasteiger partial charge in [0.05, 0.1) is 6.04 Å². The Balaban J connectivity index is 4.66. The Bertz CT molecular complexity index is 310. The Hall–Kier alpha value is -1.10. The molecule has 5 nitrogen and oxygen atoms in total. The lowest BCUT2D eigenvalue weighted by atomic mass is 9.95. The second-order valence-corrected chi connectivity index (χ2v) is 5.99. The van der Waals surface area contributed by atoms with Crippen LogP contribution in [0.4, 0.5) is 0 Å². The number of carbonyl (C=O) groups excluding carboxylic acids is 1. The van der Waals surface area contributed by atoms with Crippen molar-refractivity contribution in [2.24, 2.45) is 0 Å². The lowest BCUT2D eigenvalue weighted by Gasteiger charge is -2.31. The largest absolute Gasteiger partial charge is 0.480 e. The van der Waals surface area contributed by atoms with Crippen molar-refractivity contribution in [3.63, 3.8) is 0 Å². The molecule has 3 N–H and O–H groups in total. The van der Waals surface area contributed by atoms with Crippen molar-refractivity contribution in [3.8, 4) is 0 Å². The van der Waals surface area contributed by atoms with Gasteiger partial charge in [-0.3, -0.25) is 14.9 Å². The molecule has 0 aromatic rings. The van der Waals surface area contributed by atoms with Gasteiger partial charge >= 0.3 is 5.97 Å². The highest BCUT2D eigenvalue weighted by atomic mass is 16.4. The number of nitrogens with one attached hydrogen (secondary N) is 2. The SMILES string of the molecule is CCCC(C)(NC(C)C(=O)NC(C)(C)C)C(=O)O. The third kappa shape index (κ3) is 5.49. The number of carboxylic acids is 1. The van der Waals surface area contributed by atoms with Gasteiger partial charge in [-0.2, -0.15) is 0 Å². The number of aliphatic carboxylic acids is 1. The Morgan fingerprint density at radius 3 is 2.06 bits per heavy atom. The van der Waals surface area contributed by atoms with E-state index in [-0.39, 0.29) is 11.4 Å². The summed E-state index contributed by atoms with van der Waals surface area (Å²) in [6.45, 7) is 10.9. The first-order chi connectivity index (χ1) is 8.02. The topological polar surface area (TPSA) is 78.4 Å². The first-order valence-electron chi connectivity index (χ1n) is 6.35. The molecule has 2 unspecified atom stereocenters. The number of rotatable bonds is 6. The van der Waals surface area contributed by atoms with E-state index >= 15 is 0 Å². The van der Waals surface area contributed by atoms with Gasteiger partial charge in [-0.1, -0.05) is 13.3 Å². The third-order valence-corrected chi connectivity index (χ3v) is 2.65. The van der Waals surface area contributed by atoms with E-state index in [9.17, 15) is 14.7 Å². The molecule has 106 valence electrons. The Labute approximate surface area is 109 Å². The fourth-order valence-corrected chi connectivity index (χ4v) is 1.76. The first-order valence-corrected chi connectivity index (χ1v) is 6.35. The quantitative estimate of drug-likeness (QED) is 0.675. The van der Waals surface area contributed by atoms with Crippen LogP contribution >= 0.6 is 0 Å². The predicted molar refractivity (Wildman–Crippen MR) is 71.4 cm³/mol. The number of carboxylic acid groups (broad SMARTS) is 1. The van der Waals surface area contributed by atoms with Gasteiger partial charge in [0, 0.05) is 5.54 Å². The number of amides is 1. The lowest BCUT2D eigenvalue weighted by molar-refractivity contribution is -0.145. The molecule has 0 saturated heterocycles. The molecule has 1 amide bonds. The minimum absolute atomic E-state index is 0.189. The maximum atomic E-state index is 11.9. The van der Waals surface area contributed by atoms with Crippen LogP contribution in [0.1, 0.15) is 54.4 Å². The van der Waals surface area contributed by atoms with Gasteiger partial charge in [0.15, 0.2) is 0 Å². The van der Waals surface area contributed by atoms with Crippen LogP contribution in [0.5, 0.6) is 0 Å². The van der Waals surface area contributed by atoms with E-state index in [0.717, 1.165) is 6.42 Å².